The second kappa shape index (κ2) is 4.00. The van der Waals surface area contributed by atoms with Gasteiger partial charge in [-0.3, -0.25) is 9.69 Å². The van der Waals surface area contributed by atoms with Gasteiger partial charge in [-0.15, -0.1) is 0 Å². The average Bonchev–Trinajstić information content (AvgIpc) is 2.27. The summed E-state index contributed by atoms with van der Waals surface area (Å²) in [5, 5.41) is 10.6. The molecule has 0 N–H and O–H groups in total. The molecule has 7 heteroatoms. The number of hydrogen-bond donors (Lipinski definition) is 0. The third kappa shape index (κ3) is 1.91. The van der Waals surface area contributed by atoms with Crippen LogP contribution in [-0.2, 0) is 4.79 Å². The molecule has 2 rings (SSSR count). The van der Waals surface area contributed by atoms with Crippen LogP contribution in [0.25, 0.3) is 0 Å². The fourth-order valence-corrected chi connectivity index (χ4v) is 1.67. The highest BCUT2D eigenvalue weighted by atomic mass is 16.6. The van der Waals surface area contributed by atoms with Crippen LogP contribution >= 0.6 is 0 Å². The van der Waals surface area contributed by atoms with E-state index in [4.69, 9.17) is 4.74 Å². The van der Waals surface area contributed by atoms with Gasteiger partial charge >= 0.3 is 5.82 Å². The Morgan fingerprint density at radius 3 is 2.82 bits per heavy atom. The van der Waals surface area contributed by atoms with E-state index in [9.17, 15) is 14.9 Å². The van der Waals surface area contributed by atoms with Crippen molar-refractivity contribution in [1.82, 2.24) is 4.98 Å². The van der Waals surface area contributed by atoms with Gasteiger partial charge in [0.05, 0.1) is 0 Å². The Bertz CT molecular complexity index is 486. The van der Waals surface area contributed by atoms with Crippen molar-refractivity contribution in [3.8, 4) is 5.75 Å². The van der Waals surface area contributed by atoms with E-state index in [1.807, 2.05) is 13.8 Å². The zero-order chi connectivity index (χ0) is 12.6. The molecule has 0 saturated heterocycles. The molecule has 1 aromatic rings. The van der Waals surface area contributed by atoms with Crippen molar-refractivity contribution in [2.45, 2.75) is 19.9 Å². The molecule has 0 aromatic carbocycles. The third-order valence-corrected chi connectivity index (χ3v) is 2.38. The van der Waals surface area contributed by atoms with Crippen LogP contribution in [0, 0.1) is 10.1 Å². The van der Waals surface area contributed by atoms with E-state index in [2.05, 4.69) is 4.98 Å². The molecule has 0 spiro atoms. The summed E-state index contributed by atoms with van der Waals surface area (Å²) in [6.45, 7) is 3.56. The molecule has 0 atom stereocenters. The molecular weight excluding hydrogens is 226 g/mol. The number of hydrogen-bond acceptors (Lipinski definition) is 5. The van der Waals surface area contributed by atoms with Crippen molar-refractivity contribution in [3.63, 3.8) is 0 Å². The maximum Gasteiger partial charge on any atom is 0.366 e. The second-order valence-electron chi connectivity index (χ2n) is 3.89. The van der Waals surface area contributed by atoms with E-state index in [0.717, 1.165) is 0 Å². The number of anilines is 1. The molecule has 0 radical (unpaired) electrons. The molecule has 0 fully saturated rings. The number of fused-ring (bicyclic) bond motifs is 1. The predicted octanol–water partition coefficient (Wildman–Crippen LogP) is 1.12. The lowest BCUT2D eigenvalue weighted by Gasteiger charge is -2.28. The maximum atomic E-state index is 11.7. The number of carbonyl (C=O) groups excluding carboxylic acids is 1. The Balaban J connectivity index is 2.52. The number of amides is 1. The molecule has 1 aromatic heterocycles. The number of rotatable bonds is 2. The summed E-state index contributed by atoms with van der Waals surface area (Å²) in [6.07, 6.45) is 0. The Labute approximate surface area is 97.2 Å². The van der Waals surface area contributed by atoms with Gasteiger partial charge in [-0.25, -0.2) is 0 Å². The van der Waals surface area contributed by atoms with Crippen LogP contribution < -0.4 is 9.64 Å². The highest BCUT2D eigenvalue weighted by Crippen LogP contribution is 2.32. The summed E-state index contributed by atoms with van der Waals surface area (Å²) in [7, 11) is 0. The fraction of sp³-hybridized carbons (Fsp3) is 0.400. The zero-order valence-electron chi connectivity index (χ0n) is 9.41. The van der Waals surface area contributed by atoms with Crippen molar-refractivity contribution in [1.29, 1.82) is 0 Å². The minimum atomic E-state index is -0.599. The maximum absolute atomic E-state index is 11.7. The molecular formula is C10H11N3O4. The molecule has 0 bridgehead atoms. The molecule has 0 unspecified atom stereocenters. The number of nitro groups is 1. The molecule has 1 amide bonds. The van der Waals surface area contributed by atoms with Crippen LogP contribution in [0.3, 0.4) is 0 Å². The first kappa shape index (κ1) is 11.3. The van der Waals surface area contributed by atoms with E-state index >= 15 is 0 Å². The first-order chi connectivity index (χ1) is 8.00. The minimum Gasteiger partial charge on any atom is -0.477 e. The van der Waals surface area contributed by atoms with Gasteiger partial charge in [-0.2, -0.15) is 0 Å². The van der Waals surface area contributed by atoms with Gasteiger partial charge in [0.25, 0.3) is 11.7 Å². The average molecular weight is 237 g/mol. The van der Waals surface area contributed by atoms with Gasteiger partial charge in [0, 0.05) is 12.1 Å². The van der Waals surface area contributed by atoms with Gasteiger partial charge in [0.2, 0.25) is 0 Å². The summed E-state index contributed by atoms with van der Waals surface area (Å²) >= 11 is 0. The highest BCUT2D eigenvalue weighted by Gasteiger charge is 2.33. The number of carbonyl (C=O) groups is 1. The van der Waals surface area contributed by atoms with Crippen LogP contribution in [0.4, 0.5) is 11.6 Å². The summed E-state index contributed by atoms with van der Waals surface area (Å²) in [5.41, 5.74) is 0. The molecule has 0 saturated carbocycles. The van der Waals surface area contributed by atoms with Gasteiger partial charge in [0.15, 0.2) is 12.4 Å². The first-order valence-corrected chi connectivity index (χ1v) is 5.11. The molecule has 90 valence electrons. The highest BCUT2D eigenvalue weighted by molar-refractivity contribution is 5.97. The van der Waals surface area contributed by atoms with Crippen molar-refractivity contribution in [2.75, 3.05) is 11.5 Å². The summed E-state index contributed by atoms with van der Waals surface area (Å²) in [5.74, 6) is 0.0579. The lowest BCUT2D eigenvalue weighted by molar-refractivity contribution is -0.389. The van der Waals surface area contributed by atoms with Crippen molar-refractivity contribution >= 4 is 17.5 Å². The lowest BCUT2D eigenvalue weighted by atomic mass is 10.2. The number of ether oxygens (including phenoxy) is 1. The SMILES string of the molecule is CC(C)N1C(=O)COc2ccc([N+](=O)[O-])nc21. The molecule has 1 aliphatic heterocycles. The molecule has 17 heavy (non-hydrogen) atoms. The van der Waals surface area contributed by atoms with Gasteiger partial charge in [0.1, 0.15) is 0 Å². The summed E-state index contributed by atoms with van der Waals surface area (Å²) in [4.78, 5) is 27.0. The minimum absolute atomic E-state index is 0.0648. The van der Waals surface area contributed by atoms with Gasteiger partial charge in [-0.05, 0) is 29.8 Å². The van der Waals surface area contributed by atoms with Crippen LogP contribution in [0.5, 0.6) is 5.75 Å². The molecule has 7 nitrogen and oxygen atoms in total. The van der Waals surface area contributed by atoms with E-state index in [1.54, 1.807) is 0 Å². The smallest absolute Gasteiger partial charge is 0.366 e. The predicted molar refractivity (Wildman–Crippen MR) is 59.0 cm³/mol. The first-order valence-electron chi connectivity index (χ1n) is 5.11. The topological polar surface area (TPSA) is 85.6 Å². The molecule has 1 aliphatic rings. The van der Waals surface area contributed by atoms with E-state index in [-0.39, 0.29) is 30.2 Å². The van der Waals surface area contributed by atoms with Crippen molar-refractivity contribution in [2.24, 2.45) is 0 Å². The third-order valence-electron chi connectivity index (χ3n) is 2.38. The van der Waals surface area contributed by atoms with Crippen LogP contribution in [0.2, 0.25) is 0 Å². The van der Waals surface area contributed by atoms with Crippen molar-refractivity contribution in [3.05, 3.63) is 22.2 Å². The number of nitrogens with zero attached hydrogens (tertiary/aromatic N) is 3. The van der Waals surface area contributed by atoms with E-state index < -0.39 is 4.92 Å². The quantitative estimate of drug-likeness (QED) is 0.568. The van der Waals surface area contributed by atoms with E-state index in [1.165, 1.54) is 17.0 Å². The van der Waals surface area contributed by atoms with Crippen LogP contribution in [-0.4, -0.2) is 28.5 Å². The van der Waals surface area contributed by atoms with Crippen LogP contribution in [0.1, 0.15) is 13.8 Å². The second-order valence-corrected chi connectivity index (χ2v) is 3.89. The van der Waals surface area contributed by atoms with E-state index in [0.29, 0.717) is 5.75 Å². The lowest BCUT2D eigenvalue weighted by Crippen LogP contribution is -2.43. The van der Waals surface area contributed by atoms with Gasteiger partial charge in [-0.1, -0.05) is 0 Å². The normalized spacial score (nSPS) is 14.5. The largest absolute Gasteiger partial charge is 0.477 e. The fourth-order valence-electron chi connectivity index (χ4n) is 1.67. The van der Waals surface area contributed by atoms with Crippen molar-refractivity contribution < 1.29 is 14.5 Å². The summed E-state index contributed by atoms with van der Waals surface area (Å²) in [6, 6.07) is 2.59. The van der Waals surface area contributed by atoms with Crippen LogP contribution in [0.15, 0.2) is 12.1 Å². The van der Waals surface area contributed by atoms with Gasteiger partial charge < -0.3 is 14.9 Å². The monoisotopic (exact) mass is 237 g/mol. The zero-order valence-corrected chi connectivity index (χ0v) is 9.41. The number of pyridine rings is 1. The Hall–Kier alpha value is -2.18. The Morgan fingerprint density at radius 2 is 2.24 bits per heavy atom. The molecule has 2 heterocycles. The number of aromatic nitrogens is 1. The molecule has 0 aliphatic carbocycles. The standard InChI is InChI=1S/C10H11N3O4/c1-6(2)12-9(14)5-17-7-3-4-8(13(15)16)11-10(7)12/h3-4,6H,5H2,1-2H3. The Morgan fingerprint density at radius 1 is 1.53 bits per heavy atom. The summed E-state index contributed by atoms with van der Waals surface area (Å²) < 4.78 is 5.17. The Kier molecular flexibility index (Phi) is 2.66.